The lowest BCUT2D eigenvalue weighted by molar-refractivity contribution is -0.133. The highest BCUT2D eigenvalue weighted by molar-refractivity contribution is 5.90. The number of methoxy groups -OCH3 is 1. The van der Waals surface area contributed by atoms with E-state index in [1.807, 2.05) is 30.9 Å². The zero-order valence-electron chi connectivity index (χ0n) is 18.6. The number of amides is 3. The van der Waals surface area contributed by atoms with Gasteiger partial charge in [0.05, 0.1) is 5.41 Å². The van der Waals surface area contributed by atoms with Gasteiger partial charge in [-0.25, -0.2) is 4.79 Å². The average Bonchev–Trinajstić information content (AvgIpc) is 2.74. The number of carbonyl (C=O) groups excluding carboxylic acids is 2. The Morgan fingerprint density at radius 2 is 1.97 bits per heavy atom. The van der Waals surface area contributed by atoms with Gasteiger partial charge in [0.15, 0.2) is 0 Å². The number of hydrogen-bond donors (Lipinski definition) is 2. The summed E-state index contributed by atoms with van der Waals surface area (Å²) in [7, 11) is 1.66. The Bertz CT molecular complexity index is 761. The second kappa shape index (κ2) is 9.79. The number of rotatable bonds is 6. The SMILES string of the molecule is COCCC1(C(N)=O)CCCN(C2CCN(C(=O)Nc3ccc(C)cc3C)CC2)C1. The van der Waals surface area contributed by atoms with E-state index in [1.165, 1.54) is 5.56 Å². The summed E-state index contributed by atoms with van der Waals surface area (Å²) in [5.41, 5.74) is 8.44. The standard InChI is InChI=1S/C23H36N4O3/c1-17-5-6-20(18(2)15-17)25-22(29)26-12-7-19(8-13-26)27-11-4-9-23(16-27,21(24)28)10-14-30-3/h5-6,15,19H,4,7-14,16H2,1-3H3,(H2,24,28)(H,25,29). The van der Waals surface area contributed by atoms with Crippen molar-refractivity contribution in [3.8, 4) is 0 Å². The molecule has 7 nitrogen and oxygen atoms in total. The van der Waals surface area contributed by atoms with E-state index in [0.717, 1.165) is 56.6 Å². The second-order valence-electron chi connectivity index (χ2n) is 8.93. The summed E-state index contributed by atoms with van der Waals surface area (Å²) >= 11 is 0. The molecule has 30 heavy (non-hydrogen) atoms. The lowest BCUT2D eigenvalue weighted by atomic mass is 9.76. The molecule has 7 heteroatoms. The van der Waals surface area contributed by atoms with Gasteiger partial charge in [0, 0.05) is 45.1 Å². The van der Waals surface area contributed by atoms with Crippen LogP contribution in [0.5, 0.6) is 0 Å². The Balaban J connectivity index is 1.55. The molecule has 0 bridgehead atoms. The van der Waals surface area contributed by atoms with Crippen LogP contribution in [0, 0.1) is 19.3 Å². The maximum Gasteiger partial charge on any atom is 0.321 e. The molecular weight excluding hydrogens is 380 g/mol. The van der Waals surface area contributed by atoms with Crippen LogP contribution in [0.1, 0.15) is 43.2 Å². The molecule has 1 unspecified atom stereocenters. The molecule has 1 aromatic rings. The number of nitrogens with two attached hydrogens (primary N) is 1. The van der Waals surface area contributed by atoms with Crippen molar-refractivity contribution < 1.29 is 14.3 Å². The lowest BCUT2D eigenvalue weighted by Crippen LogP contribution is -2.56. The van der Waals surface area contributed by atoms with Gasteiger partial charge in [-0.15, -0.1) is 0 Å². The first kappa shape index (κ1) is 22.6. The van der Waals surface area contributed by atoms with Crippen molar-refractivity contribution in [2.45, 2.75) is 52.0 Å². The molecule has 0 saturated carbocycles. The molecule has 0 radical (unpaired) electrons. The zero-order valence-corrected chi connectivity index (χ0v) is 18.6. The van der Waals surface area contributed by atoms with E-state index < -0.39 is 5.41 Å². The van der Waals surface area contributed by atoms with Crippen LogP contribution in [-0.4, -0.2) is 67.7 Å². The molecule has 1 aromatic carbocycles. The van der Waals surface area contributed by atoms with Crippen molar-refractivity contribution in [3.05, 3.63) is 29.3 Å². The first-order valence-electron chi connectivity index (χ1n) is 11.0. The molecule has 1 atom stereocenters. The number of nitrogens with zero attached hydrogens (tertiary/aromatic N) is 2. The maximum absolute atomic E-state index is 12.7. The summed E-state index contributed by atoms with van der Waals surface area (Å²) in [5.74, 6) is -0.213. The van der Waals surface area contributed by atoms with E-state index in [-0.39, 0.29) is 11.9 Å². The molecule has 2 heterocycles. The van der Waals surface area contributed by atoms with Gasteiger partial charge in [-0.2, -0.15) is 0 Å². The summed E-state index contributed by atoms with van der Waals surface area (Å²) < 4.78 is 5.23. The van der Waals surface area contributed by atoms with E-state index in [0.29, 0.717) is 25.6 Å². The van der Waals surface area contributed by atoms with E-state index >= 15 is 0 Å². The zero-order chi connectivity index (χ0) is 21.7. The van der Waals surface area contributed by atoms with E-state index in [9.17, 15) is 9.59 Å². The lowest BCUT2D eigenvalue weighted by Gasteiger charge is -2.46. The number of urea groups is 1. The molecule has 0 aromatic heterocycles. The van der Waals surface area contributed by atoms with Crippen LogP contribution in [0.4, 0.5) is 10.5 Å². The van der Waals surface area contributed by atoms with Crippen LogP contribution in [0.15, 0.2) is 18.2 Å². The van der Waals surface area contributed by atoms with Crippen LogP contribution in [0.2, 0.25) is 0 Å². The number of piperidine rings is 2. The molecule has 2 aliphatic heterocycles. The molecule has 2 saturated heterocycles. The fraction of sp³-hybridized carbons (Fsp3) is 0.652. The fourth-order valence-corrected chi connectivity index (χ4v) is 4.89. The molecule has 2 fully saturated rings. The minimum absolute atomic E-state index is 0.0365. The van der Waals surface area contributed by atoms with E-state index in [1.54, 1.807) is 7.11 Å². The number of primary amides is 1. The highest BCUT2D eigenvalue weighted by Crippen LogP contribution is 2.35. The first-order valence-corrected chi connectivity index (χ1v) is 11.0. The van der Waals surface area contributed by atoms with Crippen LogP contribution in [-0.2, 0) is 9.53 Å². The van der Waals surface area contributed by atoms with Crippen molar-refractivity contribution in [2.24, 2.45) is 11.1 Å². The molecule has 166 valence electrons. The summed E-state index contributed by atoms with van der Waals surface area (Å²) in [6.45, 7) is 7.74. The highest BCUT2D eigenvalue weighted by atomic mass is 16.5. The third kappa shape index (κ3) is 5.13. The van der Waals surface area contributed by atoms with Gasteiger partial charge in [0.1, 0.15) is 0 Å². The van der Waals surface area contributed by atoms with Crippen LogP contribution >= 0.6 is 0 Å². The number of anilines is 1. The van der Waals surface area contributed by atoms with Crippen LogP contribution in [0.25, 0.3) is 0 Å². The highest BCUT2D eigenvalue weighted by Gasteiger charge is 2.42. The van der Waals surface area contributed by atoms with Crippen LogP contribution in [0.3, 0.4) is 0 Å². The summed E-state index contributed by atoms with van der Waals surface area (Å²) in [6, 6.07) is 6.40. The molecule has 0 spiro atoms. The van der Waals surface area contributed by atoms with Gasteiger partial charge in [0.25, 0.3) is 0 Å². The summed E-state index contributed by atoms with van der Waals surface area (Å²) in [5, 5.41) is 3.05. The fourth-order valence-electron chi connectivity index (χ4n) is 4.89. The molecular formula is C23H36N4O3. The number of benzene rings is 1. The predicted octanol–water partition coefficient (Wildman–Crippen LogP) is 2.90. The second-order valence-corrected chi connectivity index (χ2v) is 8.93. The van der Waals surface area contributed by atoms with Crippen molar-refractivity contribution in [2.75, 3.05) is 45.2 Å². The van der Waals surface area contributed by atoms with E-state index in [2.05, 4.69) is 16.3 Å². The topological polar surface area (TPSA) is 87.9 Å². The molecule has 0 aliphatic carbocycles. The minimum Gasteiger partial charge on any atom is -0.385 e. The Morgan fingerprint density at radius 1 is 1.23 bits per heavy atom. The normalized spacial score (nSPS) is 23.4. The van der Waals surface area contributed by atoms with E-state index in [4.69, 9.17) is 10.5 Å². The number of likely N-dealkylation sites (tertiary alicyclic amines) is 2. The smallest absolute Gasteiger partial charge is 0.321 e. The molecule has 3 N–H and O–H groups in total. The average molecular weight is 417 g/mol. The van der Waals surface area contributed by atoms with Gasteiger partial charge in [-0.1, -0.05) is 17.7 Å². The number of aryl methyl sites for hydroxylation is 2. The van der Waals surface area contributed by atoms with Crippen molar-refractivity contribution in [1.82, 2.24) is 9.80 Å². The van der Waals surface area contributed by atoms with Gasteiger partial charge in [-0.05, 0) is 64.1 Å². The van der Waals surface area contributed by atoms with Gasteiger partial charge >= 0.3 is 6.03 Å². The Morgan fingerprint density at radius 3 is 2.60 bits per heavy atom. The Kier molecular flexibility index (Phi) is 7.36. The minimum atomic E-state index is -0.494. The monoisotopic (exact) mass is 416 g/mol. The van der Waals surface area contributed by atoms with Crippen LogP contribution < -0.4 is 11.1 Å². The summed E-state index contributed by atoms with van der Waals surface area (Å²) in [4.78, 5) is 29.3. The van der Waals surface area contributed by atoms with Crippen molar-refractivity contribution in [1.29, 1.82) is 0 Å². The Labute approximate surface area is 179 Å². The number of hydrogen-bond acceptors (Lipinski definition) is 4. The molecule has 3 amide bonds. The largest absolute Gasteiger partial charge is 0.385 e. The first-order chi connectivity index (χ1) is 14.3. The van der Waals surface area contributed by atoms with Crippen molar-refractivity contribution >= 4 is 17.6 Å². The number of carbonyl (C=O) groups is 2. The number of ether oxygens (including phenoxy) is 1. The third-order valence-corrected chi connectivity index (χ3v) is 6.81. The van der Waals surface area contributed by atoms with Gasteiger partial charge in [0.2, 0.25) is 5.91 Å². The van der Waals surface area contributed by atoms with Gasteiger partial charge in [-0.3, -0.25) is 9.69 Å². The summed E-state index contributed by atoms with van der Waals surface area (Å²) in [6.07, 6.45) is 4.31. The van der Waals surface area contributed by atoms with Gasteiger partial charge < -0.3 is 20.7 Å². The third-order valence-electron chi connectivity index (χ3n) is 6.81. The Hall–Kier alpha value is -2.12. The van der Waals surface area contributed by atoms with Crippen molar-refractivity contribution in [3.63, 3.8) is 0 Å². The number of nitrogens with one attached hydrogen (secondary N) is 1. The maximum atomic E-state index is 12.7. The molecule has 3 rings (SSSR count). The quantitative estimate of drug-likeness (QED) is 0.746. The molecule has 2 aliphatic rings. The predicted molar refractivity (Wildman–Crippen MR) is 118 cm³/mol.